The second-order valence-electron chi connectivity index (χ2n) is 5.53. The van der Waals surface area contributed by atoms with Crippen molar-refractivity contribution in [1.29, 1.82) is 0 Å². The average molecular weight is 395 g/mol. The van der Waals surface area contributed by atoms with Gasteiger partial charge in [-0.25, -0.2) is 0 Å². The van der Waals surface area contributed by atoms with Gasteiger partial charge in [0.25, 0.3) is 0 Å². The molecular formula is C16H36O3Sn. The SMILES string of the molecule is CCCCC[O][Sn]([CH3])([O]CCCCC)[O]CCCCC. The first-order chi connectivity index (χ1) is 9.68. The fraction of sp³-hybridized carbons (Fsp3) is 1.00. The van der Waals surface area contributed by atoms with Crippen LogP contribution in [0.1, 0.15) is 78.6 Å². The number of hydrogen-bond acceptors (Lipinski definition) is 3. The van der Waals surface area contributed by atoms with E-state index in [1.54, 1.807) is 0 Å². The molecule has 0 N–H and O–H groups in total. The van der Waals surface area contributed by atoms with Crippen molar-refractivity contribution in [2.75, 3.05) is 19.8 Å². The Balaban J connectivity index is 3.98. The minimum absolute atomic E-state index is 0.808. The monoisotopic (exact) mass is 396 g/mol. The number of unbranched alkanes of at least 4 members (excludes halogenated alkanes) is 6. The molecular weight excluding hydrogens is 359 g/mol. The van der Waals surface area contributed by atoms with Gasteiger partial charge in [0.15, 0.2) is 0 Å². The molecule has 0 heterocycles. The molecule has 0 aliphatic carbocycles. The van der Waals surface area contributed by atoms with Crippen molar-refractivity contribution in [1.82, 2.24) is 0 Å². The van der Waals surface area contributed by atoms with Gasteiger partial charge in [0.2, 0.25) is 0 Å². The third-order valence-electron chi connectivity index (χ3n) is 3.34. The van der Waals surface area contributed by atoms with Crippen LogP contribution in [0.5, 0.6) is 0 Å². The molecule has 0 saturated carbocycles. The number of rotatable bonds is 15. The Hall–Kier alpha value is 0.679. The maximum absolute atomic E-state index is 6.06. The Kier molecular flexibility index (Phi) is 15.1. The van der Waals surface area contributed by atoms with Crippen molar-refractivity contribution in [3.05, 3.63) is 0 Å². The Labute approximate surface area is 132 Å². The molecule has 0 aromatic rings. The van der Waals surface area contributed by atoms with E-state index < -0.39 is 19.6 Å². The zero-order valence-corrected chi connectivity index (χ0v) is 17.1. The van der Waals surface area contributed by atoms with Crippen LogP contribution in [0.2, 0.25) is 4.94 Å². The molecule has 0 fully saturated rings. The molecule has 0 unspecified atom stereocenters. The van der Waals surface area contributed by atoms with Crippen molar-refractivity contribution in [3.8, 4) is 0 Å². The Bertz CT molecular complexity index is 169. The molecule has 0 aliphatic heterocycles. The third-order valence-corrected chi connectivity index (χ3v) is 9.57. The van der Waals surface area contributed by atoms with E-state index in [0.29, 0.717) is 0 Å². The zero-order chi connectivity index (χ0) is 15.1. The van der Waals surface area contributed by atoms with Gasteiger partial charge >= 0.3 is 132 Å². The quantitative estimate of drug-likeness (QED) is 0.283. The molecule has 0 aromatic carbocycles. The molecule has 20 heavy (non-hydrogen) atoms. The summed E-state index contributed by atoms with van der Waals surface area (Å²) in [6.45, 7) is 9.06. The van der Waals surface area contributed by atoms with Gasteiger partial charge in [-0.2, -0.15) is 0 Å². The molecule has 0 rings (SSSR count). The van der Waals surface area contributed by atoms with E-state index in [4.69, 9.17) is 9.22 Å². The summed E-state index contributed by atoms with van der Waals surface area (Å²) in [5.74, 6) is 0. The predicted octanol–water partition coefficient (Wildman–Crippen LogP) is 5.18. The van der Waals surface area contributed by atoms with E-state index in [1.165, 1.54) is 38.5 Å². The molecule has 0 atom stereocenters. The van der Waals surface area contributed by atoms with Crippen LogP contribution < -0.4 is 0 Å². The summed E-state index contributed by atoms with van der Waals surface area (Å²) in [7, 11) is 0. The summed E-state index contributed by atoms with van der Waals surface area (Å²) in [5, 5.41) is 0. The van der Waals surface area contributed by atoms with Crippen molar-refractivity contribution in [2.24, 2.45) is 0 Å². The van der Waals surface area contributed by atoms with Crippen LogP contribution in [-0.4, -0.2) is 39.4 Å². The normalized spacial score (nSPS) is 12.0. The molecule has 0 aromatic heterocycles. The fourth-order valence-electron chi connectivity index (χ4n) is 1.95. The molecule has 0 saturated heterocycles. The maximum atomic E-state index is 6.06. The van der Waals surface area contributed by atoms with E-state index in [2.05, 4.69) is 25.7 Å². The molecule has 0 radical (unpaired) electrons. The second kappa shape index (κ2) is 14.6. The summed E-state index contributed by atoms with van der Waals surface area (Å²) in [6, 6.07) is 0. The standard InChI is InChI=1S/3C5H11O.CH3.Sn/c3*1-2-3-4-5-6;;/h3*2-5H2,1H3;1H3;/q3*-1;;+3. The average Bonchev–Trinajstić information content (AvgIpc) is 2.45. The second-order valence-corrected chi connectivity index (χ2v) is 12.9. The Morgan fingerprint density at radius 3 is 1.10 bits per heavy atom. The fourth-order valence-corrected chi connectivity index (χ4v) is 7.08. The third kappa shape index (κ3) is 12.4. The van der Waals surface area contributed by atoms with E-state index >= 15 is 0 Å². The van der Waals surface area contributed by atoms with Crippen molar-refractivity contribution >= 4 is 19.6 Å². The molecule has 122 valence electrons. The van der Waals surface area contributed by atoms with Crippen molar-refractivity contribution in [2.45, 2.75) is 83.5 Å². The van der Waals surface area contributed by atoms with Crippen LogP contribution in [0.3, 0.4) is 0 Å². The predicted molar refractivity (Wildman–Crippen MR) is 88.0 cm³/mol. The van der Waals surface area contributed by atoms with Crippen molar-refractivity contribution < 1.29 is 9.22 Å². The van der Waals surface area contributed by atoms with Crippen LogP contribution in [-0.2, 0) is 9.22 Å². The van der Waals surface area contributed by atoms with Gasteiger partial charge in [-0.15, -0.1) is 0 Å². The van der Waals surface area contributed by atoms with Crippen LogP contribution in [0, 0.1) is 0 Å². The summed E-state index contributed by atoms with van der Waals surface area (Å²) >= 11 is -3.19. The Morgan fingerprint density at radius 1 is 0.550 bits per heavy atom. The summed E-state index contributed by atoms with van der Waals surface area (Å²) < 4.78 is 18.2. The van der Waals surface area contributed by atoms with Crippen molar-refractivity contribution in [3.63, 3.8) is 0 Å². The van der Waals surface area contributed by atoms with Gasteiger partial charge in [-0.1, -0.05) is 0 Å². The minimum atomic E-state index is -3.19. The topological polar surface area (TPSA) is 27.7 Å². The summed E-state index contributed by atoms with van der Waals surface area (Å²) in [5.41, 5.74) is 0. The first-order valence-corrected chi connectivity index (χ1v) is 14.9. The van der Waals surface area contributed by atoms with Crippen LogP contribution in [0.15, 0.2) is 0 Å². The first kappa shape index (κ1) is 20.7. The molecule has 0 aliphatic rings. The molecule has 4 heteroatoms. The number of hydrogen-bond donors (Lipinski definition) is 0. The first-order valence-electron chi connectivity index (χ1n) is 8.60. The molecule has 3 nitrogen and oxygen atoms in total. The van der Waals surface area contributed by atoms with Crippen LogP contribution in [0.25, 0.3) is 0 Å². The molecule has 0 bridgehead atoms. The molecule has 0 amide bonds. The van der Waals surface area contributed by atoms with Gasteiger partial charge < -0.3 is 0 Å². The van der Waals surface area contributed by atoms with E-state index in [9.17, 15) is 0 Å². The van der Waals surface area contributed by atoms with Crippen LogP contribution in [0.4, 0.5) is 0 Å². The van der Waals surface area contributed by atoms with Gasteiger partial charge in [0.05, 0.1) is 0 Å². The zero-order valence-electron chi connectivity index (χ0n) is 14.2. The molecule has 0 spiro atoms. The summed E-state index contributed by atoms with van der Waals surface area (Å²) in [4.78, 5) is 2.12. The summed E-state index contributed by atoms with van der Waals surface area (Å²) in [6.07, 6.45) is 10.7. The van der Waals surface area contributed by atoms with Crippen LogP contribution >= 0.6 is 0 Å². The van der Waals surface area contributed by atoms with E-state index in [0.717, 1.165) is 39.1 Å². The van der Waals surface area contributed by atoms with Gasteiger partial charge in [0.1, 0.15) is 0 Å². The van der Waals surface area contributed by atoms with Gasteiger partial charge in [0, 0.05) is 0 Å². The van der Waals surface area contributed by atoms with E-state index in [1.807, 2.05) is 0 Å². The van der Waals surface area contributed by atoms with Gasteiger partial charge in [-0.3, -0.25) is 0 Å². The van der Waals surface area contributed by atoms with Gasteiger partial charge in [-0.05, 0) is 0 Å². The Morgan fingerprint density at radius 2 is 0.850 bits per heavy atom. The van der Waals surface area contributed by atoms with E-state index in [-0.39, 0.29) is 0 Å².